The first kappa shape index (κ1) is 72.7. The van der Waals surface area contributed by atoms with Gasteiger partial charge in [-0.05, 0) is 96.3 Å². The Balaban J connectivity index is 2.69. The standard InChI is InChI=1S/C67H110O12/c1-4-7-10-13-16-19-22-25-27-29-30-32-33-36-38-41-44-47-50-53-59(68)75-56-58(77-60(69)54-51-48-45-42-39-35-24-21-18-15-12-9-6-3)57-76-67-65(63(72)62(71)64(79-67)66(73)74)78-61(70)55-52-49-46-43-40-37-34-31-28-26-23-20-17-14-11-8-5-2/h7-8,10-11,16-17,19-20,25-28,30,32,34,37,58,62-65,67,71-72H,4-6,9,12-15,18,21-24,29,31,33,35-36,38-57H2,1-3H3,(H,73,74)/b10-7-,11-8-,19-16-,20-17-,27-25-,28-26-,32-30-,37-34-. The SMILES string of the molecule is CC/C=C\C/C=C\C/C=C\C/C=C\CCCCCCCCC(=O)OCC(COC1OC(C(=O)O)C(O)C(O)C1OC(=O)CCCCCC/C=C\C/C=C\C/C=C\C/C=C\CC)OC(=O)CCCCCCCCCCCCCCC. The Hall–Kier alpha value is -4.36. The number of carbonyl (C=O) groups excluding carboxylic acids is 3. The molecule has 1 aliphatic heterocycles. The van der Waals surface area contributed by atoms with E-state index in [2.05, 4.69) is 118 Å². The van der Waals surface area contributed by atoms with E-state index in [1.165, 1.54) is 57.8 Å². The van der Waals surface area contributed by atoms with Gasteiger partial charge in [0.2, 0.25) is 0 Å². The smallest absolute Gasteiger partial charge is 0.335 e. The fraction of sp³-hybridized carbons (Fsp3) is 0.701. The van der Waals surface area contributed by atoms with Gasteiger partial charge >= 0.3 is 23.9 Å². The second-order valence-corrected chi connectivity index (χ2v) is 20.9. The fourth-order valence-electron chi connectivity index (χ4n) is 8.94. The van der Waals surface area contributed by atoms with Gasteiger partial charge in [-0.1, -0.05) is 234 Å². The molecule has 3 N–H and O–H groups in total. The second kappa shape index (κ2) is 54.2. The van der Waals surface area contributed by atoms with Crippen LogP contribution in [-0.2, 0) is 42.9 Å². The number of rotatable bonds is 52. The normalized spacial score (nSPS) is 18.5. The van der Waals surface area contributed by atoms with E-state index in [4.69, 9.17) is 23.7 Å². The molecule has 1 aliphatic rings. The number of aliphatic hydroxyl groups is 2. The summed E-state index contributed by atoms with van der Waals surface area (Å²) in [5.74, 6) is -3.17. The van der Waals surface area contributed by atoms with Crippen LogP contribution in [0.15, 0.2) is 97.2 Å². The summed E-state index contributed by atoms with van der Waals surface area (Å²) in [6.07, 6.45) is 59.3. The van der Waals surface area contributed by atoms with Crippen molar-refractivity contribution in [1.82, 2.24) is 0 Å². The average molecular weight is 1110 g/mol. The average Bonchev–Trinajstić information content (AvgIpc) is 3.47. The number of carbonyl (C=O) groups is 4. The van der Waals surface area contributed by atoms with Crippen LogP contribution in [-0.4, -0.2) is 89.2 Å². The van der Waals surface area contributed by atoms with Gasteiger partial charge in [-0.25, -0.2) is 4.79 Å². The van der Waals surface area contributed by atoms with Crippen molar-refractivity contribution < 1.29 is 58.2 Å². The van der Waals surface area contributed by atoms with Crippen LogP contribution < -0.4 is 0 Å². The summed E-state index contributed by atoms with van der Waals surface area (Å²) >= 11 is 0. The molecule has 0 aromatic carbocycles. The van der Waals surface area contributed by atoms with Gasteiger partial charge in [-0.2, -0.15) is 0 Å². The van der Waals surface area contributed by atoms with Crippen molar-refractivity contribution >= 4 is 23.9 Å². The Morgan fingerprint density at radius 1 is 0.430 bits per heavy atom. The molecule has 79 heavy (non-hydrogen) atoms. The predicted molar refractivity (Wildman–Crippen MR) is 321 cm³/mol. The van der Waals surface area contributed by atoms with E-state index >= 15 is 0 Å². The van der Waals surface area contributed by atoms with E-state index < -0.39 is 67.3 Å². The lowest BCUT2D eigenvalue weighted by atomic mass is 9.98. The highest BCUT2D eigenvalue weighted by Crippen LogP contribution is 2.26. The first-order chi connectivity index (χ1) is 38.6. The van der Waals surface area contributed by atoms with Gasteiger partial charge in [-0.15, -0.1) is 0 Å². The number of aliphatic carboxylic acids is 1. The molecule has 12 heteroatoms. The maximum atomic E-state index is 13.2. The third-order valence-electron chi connectivity index (χ3n) is 13.7. The number of aliphatic hydroxyl groups excluding tert-OH is 2. The molecule has 1 heterocycles. The number of hydrogen-bond donors (Lipinski definition) is 3. The van der Waals surface area contributed by atoms with Gasteiger partial charge in [-0.3, -0.25) is 14.4 Å². The third kappa shape index (κ3) is 44.0. The summed E-state index contributed by atoms with van der Waals surface area (Å²) < 4.78 is 28.5. The molecule has 1 rings (SSSR count). The van der Waals surface area contributed by atoms with Crippen molar-refractivity contribution in [2.45, 2.75) is 289 Å². The topological polar surface area (TPSA) is 175 Å². The van der Waals surface area contributed by atoms with Gasteiger partial charge in [0, 0.05) is 19.3 Å². The third-order valence-corrected chi connectivity index (χ3v) is 13.7. The van der Waals surface area contributed by atoms with Crippen molar-refractivity contribution in [3.05, 3.63) is 97.2 Å². The van der Waals surface area contributed by atoms with Crippen molar-refractivity contribution in [2.24, 2.45) is 0 Å². The minimum Gasteiger partial charge on any atom is -0.479 e. The molecule has 0 aromatic rings. The highest BCUT2D eigenvalue weighted by atomic mass is 16.7. The van der Waals surface area contributed by atoms with E-state index in [9.17, 15) is 34.5 Å². The van der Waals surface area contributed by atoms with Gasteiger partial charge in [0.25, 0.3) is 0 Å². The first-order valence-corrected chi connectivity index (χ1v) is 31.2. The van der Waals surface area contributed by atoms with Crippen LogP contribution in [0.2, 0.25) is 0 Å². The number of esters is 3. The zero-order chi connectivity index (χ0) is 57.5. The molecule has 0 spiro atoms. The van der Waals surface area contributed by atoms with Crippen molar-refractivity contribution in [1.29, 1.82) is 0 Å². The number of ether oxygens (including phenoxy) is 5. The summed E-state index contributed by atoms with van der Waals surface area (Å²) in [5.41, 5.74) is 0. The molecule has 1 saturated heterocycles. The number of unbranched alkanes of at least 4 members (excludes halogenated alkanes) is 22. The van der Waals surface area contributed by atoms with Gasteiger partial charge in [0.05, 0.1) is 6.61 Å². The zero-order valence-electron chi connectivity index (χ0n) is 49.6. The lowest BCUT2D eigenvalue weighted by Gasteiger charge is -2.40. The van der Waals surface area contributed by atoms with Crippen LogP contribution in [0.3, 0.4) is 0 Å². The van der Waals surface area contributed by atoms with Gasteiger partial charge in [0.1, 0.15) is 18.8 Å². The highest BCUT2D eigenvalue weighted by molar-refractivity contribution is 5.74. The molecule has 6 unspecified atom stereocenters. The lowest BCUT2D eigenvalue weighted by Crippen LogP contribution is -2.61. The van der Waals surface area contributed by atoms with Gasteiger partial charge < -0.3 is 39.0 Å². The number of allylic oxidation sites excluding steroid dienone is 16. The van der Waals surface area contributed by atoms with Crippen LogP contribution >= 0.6 is 0 Å². The maximum Gasteiger partial charge on any atom is 0.335 e. The van der Waals surface area contributed by atoms with Crippen molar-refractivity contribution in [2.75, 3.05) is 13.2 Å². The second-order valence-electron chi connectivity index (χ2n) is 20.9. The largest absolute Gasteiger partial charge is 0.479 e. The van der Waals surface area contributed by atoms with E-state index in [0.717, 1.165) is 135 Å². The summed E-state index contributed by atoms with van der Waals surface area (Å²) in [6, 6.07) is 0. The summed E-state index contributed by atoms with van der Waals surface area (Å²) in [6.45, 7) is 5.75. The minimum atomic E-state index is -1.92. The van der Waals surface area contributed by atoms with Gasteiger partial charge in [0.15, 0.2) is 24.6 Å². The monoisotopic (exact) mass is 1110 g/mol. The Morgan fingerprint density at radius 2 is 0.797 bits per heavy atom. The summed E-state index contributed by atoms with van der Waals surface area (Å²) in [7, 11) is 0. The molecule has 0 aromatic heterocycles. The molecule has 0 bridgehead atoms. The predicted octanol–water partition coefficient (Wildman–Crippen LogP) is 16.5. The van der Waals surface area contributed by atoms with E-state index in [-0.39, 0.29) is 25.9 Å². The van der Waals surface area contributed by atoms with Crippen LogP contribution in [0.1, 0.15) is 252 Å². The van der Waals surface area contributed by atoms with Crippen LogP contribution in [0.4, 0.5) is 0 Å². The Kier molecular flexibility index (Phi) is 49.9. The van der Waals surface area contributed by atoms with Crippen LogP contribution in [0.5, 0.6) is 0 Å². The minimum absolute atomic E-state index is 0.0282. The van der Waals surface area contributed by atoms with Crippen LogP contribution in [0, 0.1) is 0 Å². The summed E-state index contributed by atoms with van der Waals surface area (Å²) in [4.78, 5) is 51.2. The highest BCUT2D eigenvalue weighted by Gasteiger charge is 2.50. The number of hydrogen-bond acceptors (Lipinski definition) is 11. The zero-order valence-corrected chi connectivity index (χ0v) is 49.6. The molecule has 0 saturated carbocycles. The Labute approximate surface area is 479 Å². The molecule has 0 radical (unpaired) electrons. The van der Waals surface area contributed by atoms with Crippen molar-refractivity contribution in [3.8, 4) is 0 Å². The molecule has 6 atom stereocenters. The number of carboxylic acids is 1. The molecule has 0 aliphatic carbocycles. The molecule has 450 valence electrons. The number of carboxylic acid groups (broad SMARTS) is 1. The molecular weight excluding hydrogens is 997 g/mol. The van der Waals surface area contributed by atoms with E-state index in [1.54, 1.807) is 0 Å². The molecule has 0 amide bonds. The van der Waals surface area contributed by atoms with Crippen LogP contribution in [0.25, 0.3) is 0 Å². The fourth-order valence-corrected chi connectivity index (χ4v) is 8.94. The lowest BCUT2D eigenvalue weighted by molar-refractivity contribution is -0.301. The quantitative estimate of drug-likeness (QED) is 0.0228. The molecule has 1 fully saturated rings. The molecular formula is C67H110O12. The van der Waals surface area contributed by atoms with E-state index in [1.807, 2.05) is 0 Å². The van der Waals surface area contributed by atoms with E-state index in [0.29, 0.717) is 19.3 Å². The Bertz CT molecular complexity index is 1740. The summed E-state index contributed by atoms with van der Waals surface area (Å²) in [5, 5.41) is 31.5. The first-order valence-electron chi connectivity index (χ1n) is 31.2. The Morgan fingerprint density at radius 3 is 1.22 bits per heavy atom. The van der Waals surface area contributed by atoms with Crippen molar-refractivity contribution in [3.63, 3.8) is 0 Å². The molecule has 12 nitrogen and oxygen atoms in total. The maximum absolute atomic E-state index is 13.2.